The Morgan fingerprint density at radius 1 is 0.913 bits per heavy atom. The van der Waals surface area contributed by atoms with Crippen LogP contribution < -0.4 is 10.6 Å². The lowest BCUT2D eigenvalue weighted by atomic mass is 10.2. The topological polar surface area (TPSA) is 124 Å². The largest absolute Gasteiger partial charge is 0.665 e. The van der Waals surface area contributed by atoms with Gasteiger partial charge in [-0.1, -0.05) is 13.3 Å². The fraction of sp³-hybridized carbons (Fsp3) is 0.538. The highest BCUT2D eigenvalue weighted by Crippen LogP contribution is 1.89. The molecule has 0 atom stereocenters. The van der Waals surface area contributed by atoms with Crippen molar-refractivity contribution in [2.45, 2.75) is 12.8 Å². The van der Waals surface area contributed by atoms with Crippen LogP contribution in [0, 0.1) is 24.5 Å². The molecule has 8 nitrogen and oxygen atoms in total. The van der Waals surface area contributed by atoms with Gasteiger partial charge in [0.25, 0.3) is 0 Å². The van der Waals surface area contributed by atoms with Crippen molar-refractivity contribution in [3.63, 3.8) is 0 Å². The highest BCUT2D eigenvalue weighted by molar-refractivity contribution is 6.21. The van der Waals surface area contributed by atoms with Crippen LogP contribution in [0.25, 0.3) is 11.5 Å². The monoisotopic (exact) mass is 318 g/mol. The Balaban J connectivity index is -0.000000573. The first kappa shape index (κ1) is 26.0. The van der Waals surface area contributed by atoms with E-state index in [1.165, 1.54) is 0 Å². The molecule has 0 unspecified atom stereocenters. The van der Waals surface area contributed by atoms with Crippen LogP contribution in [0.3, 0.4) is 0 Å². The van der Waals surface area contributed by atoms with Crippen molar-refractivity contribution in [2.75, 3.05) is 33.2 Å². The Hall–Kier alpha value is -1.97. The van der Waals surface area contributed by atoms with E-state index < -0.39 is 11.9 Å². The van der Waals surface area contributed by atoms with Crippen molar-refractivity contribution < 1.29 is 19.1 Å². The van der Waals surface area contributed by atoms with Crippen LogP contribution in [-0.4, -0.2) is 60.9 Å². The average Bonchev–Trinajstić information content (AvgIpc) is 2.49. The van der Waals surface area contributed by atoms with E-state index in [2.05, 4.69) is 48.6 Å². The molecular formula is C13H20B2N4O4-2. The van der Waals surface area contributed by atoms with Gasteiger partial charge in [-0.25, -0.2) is 0 Å². The first-order chi connectivity index (χ1) is 11.0. The molecule has 23 heavy (non-hydrogen) atoms. The van der Waals surface area contributed by atoms with Crippen molar-refractivity contribution in [2.24, 2.45) is 0 Å². The van der Waals surface area contributed by atoms with E-state index in [-0.39, 0.29) is 33.0 Å². The quantitative estimate of drug-likeness (QED) is 0.184. The molecule has 0 saturated carbocycles. The molecule has 0 aliphatic rings. The van der Waals surface area contributed by atoms with Gasteiger partial charge < -0.3 is 31.6 Å². The molecule has 0 aliphatic carbocycles. The normalized spacial score (nSPS) is 8.00. The molecule has 0 aromatic heterocycles. The van der Waals surface area contributed by atoms with Gasteiger partial charge in [0.2, 0.25) is 6.79 Å². The first-order valence-corrected chi connectivity index (χ1v) is 6.38. The van der Waals surface area contributed by atoms with E-state index in [4.69, 9.17) is 11.5 Å². The smallest absolute Gasteiger partial charge is 0.309 e. The number of ether oxygens (including phenoxy) is 2. The average molecular weight is 318 g/mol. The molecule has 4 N–H and O–H groups in total. The molecule has 0 fully saturated rings. The van der Waals surface area contributed by atoms with E-state index in [0.717, 1.165) is 0 Å². The van der Waals surface area contributed by atoms with Crippen LogP contribution in [0.1, 0.15) is 12.8 Å². The summed E-state index contributed by atoms with van der Waals surface area (Å²) in [6.45, 7) is 0.434. The third-order valence-corrected chi connectivity index (χ3v) is 1.70. The summed E-state index contributed by atoms with van der Waals surface area (Å²) in [5.41, 5.74) is 13.5. The second-order valence-corrected chi connectivity index (χ2v) is 3.34. The fourth-order valence-electron chi connectivity index (χ4n) is 0.863. The minimum atomic E-state index is -0.483. The maximum absolute atomic E-state index is 11.0. The molecule has 0 bridgehead atoms. The lowest BCUT2D eigenvalue weighted by Gasteiger charge is -2.08. The highest BCUT2D eigenvalue weighted by Gasteiger charge is 2.05. The summed E-state index contributed by atoms with van der Waals surface area (Å²) in [7, 11) is 8.75. The molecule has 0 aromatic carbocycles. The van der Waals surface area contributed by atoms with Gasteiger partial charge in [0.1, 0.15) is 0 Å². The third-order valence-electron chi connectivity index (χ3n) is 1.70. The number of carbonyl (C=O) groups excluding carboxylic acids is 2. The van der Waals surface area contributed by atoms with Gasteiger partial charge >= 0.3 is 11.9 Å². The van der Waals surface area contributed by atoms with Crippen LogP contribution in [-0.2, 0) is 19.1 Å². The van der Waals surface area contributed by atoms with Gasteiger partial charge in [-0.15, -0.1) is 12.8 Å². The van der Waals surface area contributed by atoms with Crippen molar-refractivity contribution in [3.8, 4) is 24.5 Å². The van der Waals surface area contributed by atoms with Crippen molar-refractivity contribution in [1.82, 2.24) is 10.6 Å². The summed E-state index contributed by atoms with van der Waals surface area (Å²) < 4.78 is 9.25. The Labute approximate surface area is 140 Å². The second kappa shape index (κ2) is 25.0. The van der Waals surface area contributed by atoms with Gasteiger partial charge in [0, 0.05) is 13.1 Å². The number of hydrogen-bond acceptors (Lipinski definition) is 6. The summed E-state index contributed by atoms with van der Waals surface area (Å²) in [6, 6.07) is 0. The van der Waals surface area contributed by atoms with Crippen LogP contribution >= 0.6 is 0 Å². The van der Waals surface area contributed by atoms with Crippen LogP contribution in [0.15, 0.2) is 0 Å². The molecular weight excluding hydrogens is 298 g/mol. The lowest BCUT2D eigenvalue weighted by Crippen LogP contribution is -2.21. The van der Waals surface area contributed by atoms with Crippen molar-refractivity contribution in [3.05, 3.63) is 11.5 Å². The molecule has 0 aliphatic heterocycles. The number of nitrogens with one attached hydrogen (secondary N) is 4. The van der Waals surface area contributed by atoms with E-state index in [0.29, 0.717) is 13.1 Å². The first-order valence-electron chi connectivity index (χ1n) is 6.38. The standard InChI is InChI=1S/C9H18N4O4.2C2HB/c10-5-12-3-1-8(14)16-7-17-9(15)2-4-13-6-11;2*1-2-3/h10-13H,1-7H2;2*1H/q-2;;. The molecule has 0 aromatic rings. The third kappa shape index (κ3) is 33.1. The zero-order valence-corrected chi connectivity index (χ0v) is 12.9. The van der Waals surface area contributed by atoms with E-state index in [1.54, 1.807) is 11.6 Å². The lowest BCUT2D eigenvalue weighted by molar-refractivity contribution is -0.166. The Morgan fingerprint density at radius 3 is 1.48 bits per heavy atom. The Kier molecular flexibility index (Phi) is 28.2. The molecule has 0 saturated heterocycles. The molecule has 124 valence electrons. The summed E-state index contributed by atoms with van der Waals surface area (Å²) in [5.74, 6) is 2.53. The molecule has 0 heterocycles. The van der Waals surface area contributed by atoms with Gasteiger partial charge in [-0.3, -0.25) is 9.59 Å². The summed E-state index contributed by atoms with van der Waals surface area (Å²) in [4.78, 5) is 22.0. The van der Waals surface area contributed by atoms with Crippen molar-refractivity contribution >= 4 is 27.6 Å². The number of terminal acetylenes is 2. The number of esters is 2. The summed E-state index contributed by atoms with van der Waals surface area (Å²) in [5, 5.41) is 5.29. The van der Waals surface area contributed by atoms with Gasteiger partial charge in [-0.05, 0) is 0 Å². The second-order valence-electron chi connectivity index (χ2n) is 3.34. The van der Waals surface area contributed by atoms with Gasteiger partial charge in [-0.2, -0.15) is 11.6 Å². The Bertz CT molecular complexity index is 336. The molecule has 10 heteroatoms. The molecule has 0 spiro atoms. The van der Waals surface area contributed by atoms with E-state index in [1.807, 2.05) is 0 Å². The zero-order chi connectivity index (χ0) is 18.3. The predicted molar refractivity (Wildman–Crippen MR) is 89.8 cm³/mol. The maximum Gasteiger partial charge on any atom is 0.309 e. The summed E-state index contributed by atoms with van der Waals surface area (Å²) >= 11 is 0. The number of carbonyl (C=O) groups is 2. The van der Waals surface area contributed by atoms with Crippen molar-refractivity contribution in [1.29, 1.82) is 0 Å². The van der Waals surface area contributed by atoms with Crippen LogP contribution in [0.2, 0.25) is 0 Å². The predicted octanol–water partition coefficient (Wildman–Crippen LogP) is -0.500. The molecule has 0 rings (SSSR count). The zero-order valence-electron chi connectivity index (χ0n) is 12.9. The van der Waals surface area contributed by atoms with E-state index in [9.17, 15) is 9.59 Å². The number of hydrogen-bond donors (Lipinski definition) is 2. The maximum atomic E-state index is 11.0. The van der Waals surface area contributed by atoms with Gasteiger partial charge in [0.15, 0.2) is 15.7 Å². The Morgan fingerprint density at radius 2 is 1.22 bits per heavy atom. The fourth-order valence-corrected chi connectivity index (χ4v) is 0.863. The minimum absolute atomic E-state index is 0.0469. The van der Waals surface area contributed by atoms with Crippen LogP contribution in [0.5, 0.6) is 0 Å². The summed E-state index contributed by atoms with van der Waals surface area (Å²) in [6.07, 6.45) is 9.02. The number of rotatable bonds is 10. The molecule has 4 radical (unpaired) electrons. The highest BCUT2D eigenvalue weighted by atomic mass is 16.7. The van der Waals surface area contributed by atoms with Gasteiger partial charge in [0.05, 0.1) is 12.8 Å². The SMILES string of the molecule is [B]C#C.[B]C#C.[NH-]CNCCC(=O)OCOC(=O)CCNC[NH-]. The molecule has 0 amide bonds. The van der Waals surface area contributed by atoms with E-state index >= 15 is 0 Å². The minimum Gasteiger partial charge on any atom is -0.665 e. The van der Waals surface area contributed by atoms with Crippen LogP contribution in [0.4, 0.5) is 0 Å².